The topological polar surface area (TPSA) is 52.9 Å². The van der Waals surface area contributed by atoms with Crippen LogP contribution in [0.15, 0.2) is 10.5 Å². The SMILES string of the molecule is COc1cc(O)c(CN(C)O)c(F)c1Br. The molecule has 0 bridgehead atoms. The second-order valence-corrected chi connectivity index (χ2v) is 3.81. The molecule has 1 aromatic rings. The van der Waals surface area contributed by atoms with Gasteiger partial charge in [0.15, 0.2) is 0 Å². The van der Waals surface area contributed by atoms with Gasteiger partial charge in [0.25, 0.3) is 0 Å². The van der Waals surface area contributed by atoms with Crippen molar-refractivity contribution in [3.63, 3.8) is 0 Å². The highest BCUT2D eigenvalue weighted by molar-refractivity contribution is 9.10. The van der Waals surface area contributed by atoms with Crippen LogP contribution in [0.5, 0.6) is 11.5 Å². The first-order valence-corrected chi connectivity index (χ1v) is 4.90. The fourth-order valence-electron chi connectivity index (χ4n) is 1.16. The average Bonchev–Trinajstić information content (AvgIpc) is 2.18. The van der Waals surface area contributed by atoms with Crippen molar-refractivity contribution < 1.29 is 19.4 Å². The minimum Gasteiger partial charge on any atom is -0.507 e. The predicted molar refractivity (Wildman–Crippen MR) is 55.6 cm³/mol. The highest BCUT2D eigenvalue weighted by Gasteiger charge is 2.17. The Morgan fingerprint density at radius 2 is 2.20 bits per heavy atom. The number of aromatic hydroxyl groups is 1. The van der Waals surface area contributed by atoms with Crippen molar-refractivity contribution in [3.05, 3.63) is 21.9 Å². The lowest BCUT2D eigenvalue weighted by Gasteiger charge is -2.13. The molecule has 2 N–H and O–H groups in total. The second kappa shape index (κ2) is 4.78. The fraction of sp³-hybridized carbons (Fsp3) is 0.333. The Morgan fingerprint density at radius 1 is 1.60 bits per heavy atom. The lowest BCUT2D eigenvalue weighted by Crippen LogP contribution is -2.13. The number of rotatable bonds is 3. The first-order chi connectivity index (χ1) is 6.97. The van der Waals surface area contributed by atoms with Gasteiger partial charge >= 0.3 is 0 Å². The number of nitrogens with zero attached hydrogens (tertiary/aromatic N) is 1. The molecule has 15 heavy (non-hydrogen) atoms. The van der Waals surface area contributed by atoms with Crippen molar-refractivity contribution in [2.24, 2.45) is 0 Å². The Labute approximate surface area is 95.0 Å². The van der Waals surface area contributed by atoms with Crippen LogP contribution in [0.1, 0.15) is 5.56 Å². The van der Waals surface area contributed by atoms with Crippen LogP contribution in [0.4, 0.5) is 4.39 Å². The van der Waals surface area contributed by atoms with Crippen molar-refractivity contribution in [2.75, 3.05) is 14.2 Å². The molecule has 0 saturated heterocycles. The molecule has 0 radical (unpaired) electrons. The zero-order chi connectivity index (χ0) is 11.6. The summed E-state index contributed by atoms with van der Waals surface area (Å²) in [5.41, 5.74) is 0.00711. The number of phenolic OH excluding ortho intramolecular Hbond substituents is 1. The Hall–Kier alpha value is -0.850. The average molecular weight is 280 g/mol. The standard InChI is InChI=1S/C9H11BrFNO3/c1-12(14)4-5-6(13)3-7(15-2)8(10)9(5)11/h3,13-14H,4H2,1-2H3. The molecule has 0 fully saturated rings. The van der Waals surface area contributed by atoms with Crippen molar-refractivity contribution in [3.8, 4) is 11.5 Å². The molecule has 0 heterocycles. The van der Waals surface area contributed by atoms with Gasteiger partial charge in [-0.15, -0.1) is 0 Å². The van der Waals surface area contributed by atoms with Gasteiger partial charge in [0.05, 0.1) is 18.1 Å². The molecule has 84 valence electrons. The number of ether oxygens (including phenoxy) is 1. The van der Waals surface area contributed by atoms with E-state index in [-0.39, 0.29) is 28.1 Å². The Kier molecular flexibility index (Phi) is 3.90. The maximum absolute atomic E-state index is 13.6. The molecule has 0 spiro atoms. The maximum Gasteiger partial charge on any atom is 0.149 e. The molecular formula is C9H11BrFNO3. The van der Waals surface area contributed by atoms with Gasteiger partial charge in [-0.1, -0.05) is 0 Å². The number of hydrogen-bond donors (Lipinski definition) is 2. The first kappa shape index (κ1) is 12.2. The third-order valence-electron chi connectivity index (χ3n) is 1.86. The zero-order valence-electron chi connectivity index (χ0n) is 8.29. The van der Waals surface area contributed by atoms with Crippen LogP contribution in [0, 0.1) is 5.82 Å². The molecule has 0 aliphatic rings. The van der Waals surface area contributed by atoms with Gasteiger partial charge in [-0.2, -0.15) is 5.06 Å². The van der Waals surface area contributed by atoms with E-state index < -0.39 is 5.82 Å². The minimum atomic E-state index is -0.646. The van der Waals surface area contributed by atoms with Gasteiger partial charge < -0.3 is 15.1 Å². The second-order valence-electron chi connectivity index (χ2n) is 3.02. The monoisotopic (exact) mass is 279 g/mol. The normalized spacial score (nSPS) is 10.8. The Morgan fingerprint density at radius 3 is 2.67 bits per heavy atom. The highest BCUT2D eigenvalue weighted by atomic mass is 79.9. The summed E-state index contributed by atoms with van der Waals surface area (Å²) >= 11 is 3.00. The number of hydrogen-bond acceptors (Lipinski definition) is 4. The molecule has 0 aromatic heterocycles. The fourth-order valence-corrected chi connectivity index (χ4v) is 1.67. The van der Waals surface area contributed by atoms with Gasteiger partial charge in [0.1, 0.15) is 17.3 Å². The summed E-state index contributed by atoms with van der Waals surface area (Å²) < 4.78 is 18.6. The van der Waals surface area contributed by atoms with E-state index in [1.807, 2.05) is 0 Å². The van der Waals surface area contributed by atoms with Crippen molar-refractivity contribution >= 4 is 15.9 Å². The van der Waals surface area contributed by atoms with E-state index in [0.717, 1.165) is 5.06 Å². The molecule has 0 atom stereocenters. The van der Waals surface area contributed by atoms with E-state index in [0.29, 0.717) is 0 Å². The Balaban J connectivity index is 3.23. The Bertz CT molecular complexity index is 371. The number of methoxy groups -OCH3 is 1. The molecule has 0 aliphatic heterocycles. The quantitative estimate of drug-likeness (QED) is 0.833. The zero-order valence-corrected chi connectivity index (χ0v) is 9.88. The smallest absolute Gasteiger partial charge is 0.149 e. The van der Waals surface area contributed by atoms with Crippen LogP contribution >= 0.6 is 15.9 Å². The number of halogens is 2. The summed E-state index contributed by atoms with van der Waals surface area (Å²) in [6.45, 7) is -0.111. The third-order valence-corrected chi connectivity index (χ3v) is 2.60. The molecule has 0 aliphatic carbocycles. The number of benzene rings is 1. The lowest BCUT2D eigenvalue weighted by atomic mass is 10.1. The van der Waals surface area contributed by atoms with E-state index in [1.54, 1.807) is 0 Å². The van der Waals surface area contributed by atoms with Crippen molar-refractivity contribution in [1.82, 2.24) is 5.06 Å². The van der Waals surface area contributed by atoms with Gasteiger partial charge in [-0.05, 0) is 15.9 Å². The van der Waals surface area contributed by atoms with E-state index in [4.69, 9.17) is 9.94 Å². The summed E-state index contributed by atoms with van der Waals surface area (Å²) in [5.74, 6) is -0.699. The lowest BCUT2D eigenvalue weighted by molar-refractivity contribution is -0.0743. The van der Waals surface area contributed by atoms with Crippen LogP contribution in [0.3, 0.4) is 0 Å². The third kappa shape index (κ3) is 2.58. The van der Waals surface area contributed by atoms with Crippen molar-refractivity contribution in [2.45, 2.75) is 6.54 Å². The van der Waals surface area contributed by atoms with Crippen LogP contribution in [0.2, 0.25) is 0 Å². The van der Waals surface area contributed by atoms with E-state index in [9.17, 15) is 9.50 Å². The van der Waals surface area contributed by atoms with Gasteiger partial charge in [-0.25, -0.2) is 4.39 Å². The summed E-state index contributed by atoms with van der Waals surface area (Å²) in [6.07, 6.45) is 0. The molecule has 1 rings (SSSR count). The van der Waals surface area contributed by atoms with E-state index in [1.165, 1.54) is 20.2 Å². The molecular weight excluding hydrogens is 269 g/mol. The van der Waals surface area contributed by atoms with Gasteiger partial charge in [0, 0.05) is 18.7 Å². The molecule has 0 saturated carbocycles. The van der Waals surface area contributed by atoms with Gasteiger partial charge in [-0.3, -0.25) is 0 Å². The largest absolute Gasteiger partial charge is 0.507 e. The molecule has 4 nitrogen and oxygen atoms in total. The van der Waals surface area contributed by atoms with Crippen LogP contribution in [-0.2, 0) is 6.54 Å². The van der Waals surface area contributed by atoms with Crippen LogP contribution in [0.25, 0.3) is 0 Å². The molecule has 6 heteroatoms. The summed E-state index contributed by atoms with van der Waals surface area (Å²) in [5, 5.41) is 19.3. The number of hydroxylamine groups is 2. The van der Waals surface area contributed by atoms with Gasteiger partial charge in [0.2, 0.25) is 0 Å². The summed E-state index contributed by atoms with van der Waals surface area (Å²) in [7, 11) is 2.73. The number of phenols is 1. The predicted octanol–water partition coefficient (Wildman–Crippen LogP) is 2.12. The minimum absolute atomic E-state index is 0.00711. The molecule has 0 unspecified atom stereocenters. The first-order valence-electron chi connectivity index (χ1n) is 4.11. The van der Waals surface area contributed by atoms with E-state index >= 15 is 0 Å². The van der Waals surface area contributed by atoms with Crippen LogP contribution < -0.4 is 4.74 Å². The maximum atomic E-state index is 13.6. The molecule has 1 aromatic carbocycles. The van der Waals surface area contributed by atoms with Crippen LogP contribution in [-0.4, -0.2) is 29.5 Å². The van der Waals surface area contributed by atoms with Crippen molar-refractivity contribution in [1.29, 1.82) is 0 Å². The summed E-state index contributed by atoms with van der Waals surface area (Å²) in [4.78, 5) is 0. The highest BCUT2D eigenvalue weighted by Crippen LogP contribution is 2.36. The summed E-state index contributed by atoms with van der Waals surface area (Å²) in [6, 6.07) is 1.28. The van der Waals surface area contributed by atoms with E-state index in [2.05, 4.69) is 15.9 Å². The molecule has 0 amide bonds.